The monoisotopic (exact) mass is 320 g/mol. The van der Waals surface area contributed by atoms with Gasteiger partial charge in [-0.3, -0.25) is 9.36 Å². The Hall–Kier alpha value is -1.59. The van der Waals surface area contributed by atoms with E-state index in [2.05, 4.69) is 25.9 Å². The van der Waals surface area contributed by atoms with Gasteiger partial charge in [0, 0.05) is 38.5 Å². The van der Waals surface area contributed by atoms with Crippen molar-refractivity contribution in [2.75, 3.05) is 13.1 Å². The normalized spacial score (nSPS) is 20.1. The Bertz CT molecular complexity index is 641. The van der Waals surface area contributed by atoms with Crippen LogP contribution in [0.15, 0.2) is 4.79 Å². The second-order valence-corrected chi connectivity index (χ2v) is 8.26. The number of carbonyl (C=O) groups is 1. The zero-order chi connectivity index (χ0) is 16.8. The predicted octanol–water partition coefficient (Wildman–Crippen LogP) is 2.06. The van der Waals surface area contributed by atoms with Crippen LogP contribution in [-0.2, 0) is 11.8 Å². The van der Waals surface area contributed by atoms with E-state index in [1.54, 1.807) is 7.05 Å². The highest BCUT2D eigenvalue weighted by Gasteiger charge is 2.34. The minimum absolute atomic E-state index is 0.00809. The van der Waals surface area contributed by atoms with Crippen LogP contribution >= 0.6 is 0 Å². The van der Waals surface area contributed by atoms with Crippen LogP contribution in [0.25, 0.3) is 0 Å². The highest BCUT2D eigenvalue weighted by molar-refractivity contribution is 5.76. The summed E-state index contributed by atoms with van der Waals surface area (Å²) in [7, 11) is 1.73. The van der Waals surface area contributed by atoms with Gasteiger partial charge in [0.25, 0.3) is 0 Å². The number of aryl methyl sites for hydroxylation is 1. The molecule has 1 amide bonds. The van der Waals surface area contributed by atoms with Crippen molar-refractivity contribution in [1.29, 1.82) is 0 Å². The second kappa shape index (κ2) is 5.80. The zero-order valence-electron chi connectivity index (χ0n) is 14.7. The van der Waals surface area contributed by atoms with Crippen LogP contribution in [0.5, 0.6) is 0 Å². The standard InChI is InChI=1S/C17H28N4O2/c1-17(2,3)11-14(22)20-9-7-12(8-10-20)15-18-19(4)16(23)21(15)13-5-6-13/h12-13H,5-11H2,1-4H3. The number of rotatable bonds is 3. The third-order valence-electron chi connectivity index (χ3n) is 4.79. The minimum Gasteiger partial charge on any atom is -0.343 e. The summed E-state index contributed by atoms with van der Waals surface area (Å²) in [5.74, 6) is 1.47. The third-order valence-corrected chi connectivity index (χ3v) is 4.79. The van der Waals surface area contributed by atoms with E-state index in [9.17, 15) is 9.59 Å². The van der Waals surface area contributed by atoms with Crippen molar-refractivity contribution in [3.63, 3.8) is 0 Å². The molecular weight excluding hydrogens is 292 g/mol. The van der Waals surface area contributed by atoms with E-state index in [0.29, 0.717) is 18.4 Å². The summed E-state index contributed by atoms with van der Waals surface area (Å²) in [6.07, 6.45) is 4.56. The third kappa shape index (κ3) is 3.51. The number of piperidine rings is 1. The number of aromatic nitrogens is 3. The lowest BCUT2D eigenvalue weighted by atomic mass is 9.90. The molecule has 6 heteroatoms. The highest BCUT2D eigenvalue weighted by atomic mass is 16.2. The van der Waals surface area contributed by atoms with Gasteiger partial charge in [0.05, 0.1) is 0 Å². The summed E-state index contributed by atoms with van der Waals surface area (Å²) in [6, 6.07) is 0.353. The molecule has 1 saturated heterocycles. The molecule has 0 aromatic carbocycles. The van der Waals surface area contributed by atoms with Gasteiger partial charge in [-0.25, -0.2) is 9.48 Å². The quantitative estimate of drug-likeness (QED) is 0.856. The van der Waals surface area contributed by atoms with Gasteiger partial charge in [-0.1, -0.05) is 20.8 Å². The van der Waals surface area contributed by atoms with Crippen LogP contribution in [-0.4, -0.2) is 38.2 Å². The molecule has 0 unspecified atom stereocenters. The van der Waals surface area contributed by atoms with Crippen LogP contribution in [0, 0.1) is 5.41 Å². The van der Waals surface area contributed by atoms with E-state index in [4.69, 9.17) is 0 Å². The maximum absolute atomic E-state index is 12.4. The lowest BCUT2D eigenvalue weighted by Crippen LogP contribution is -2.40. The molecule has 3 rings (SSSR count). The molecule has 0 atom stereocenters. The van der Waals surface area contributed by atoms with Gasteiger partial charge < -0.3 is 4.90 Å². The lowest BCUT2D eigenvalue weighted by Gasteiger charge is -2.33. The van der Waals surface area contributed by atoms with Crippen molar-refractivity contribution in [1.82, 2.24) is 19.2 Å². The Morgan fingerprint density at radius 1 is 1.17 bits per heavy atom. The van der Waals surface area contributed by atoms with Gasteiger partial charge in [-0.05, 0) is 31.1 Å². The van der Waals surface area contributed by atoms with Gasteiger partial charge >= 0.3 is 5.69 Å². The molecule has 2 fully saturated rings. The largest absolute Gasteiger partial charge is 0.345 e. The van der Waals surface area contributed by atoms with E-state index >= 15 is 0 Å². The van der Waals surface area contributed by atoms with E-state index in [1.165, 1.54) is 4.68 Å². The molecule has 0 bridgehead atoms. The molecule has 2 heterocycles. The van der Waals surface area contributed by atoms with E-state index in [-0.39, 0.29) is 17.0 Å². The number of carbonyl (C=O) groups excluding carboxylic acids is 1. The van der Waals surface area contributed by atoms with Crippen molar-refractivity contribution in [3.05, 3.63) is 16.3 Å². The van der Waals surface area contributed by atoms with Gasteiger partial charge in [-0.15, -0.1) is 0 Å². The van der Waals surface area contributed by atoms with Crippen LogP contribution in [0.3, 0.4) is 0 Å². The van der Waals surface area contributed by atoms with Crippen LogP contribution in [0.2, 0.25) is 0 Å². The number of amides is 1. The van der Waals surface area contributed by atoms with E-state index in [1.807, 2.05) is 9.47 Å². The fourth-order valence-corrected chi connectivity index (χ4v) is 3.41. The summed E-state index contributed by atoms with van der Waals surface area (Å²) < 4.78 is 3.36. The molecule has 1 aromatic heterocycles. The number of nitrogens with zero attached hydrogens (tertiary/aromatic N) is 4. The van der Waals surface area contributed by atoms with Crippen LogP contribution in [0.1, 0.15) is 70.7 Å². The number of hydrogen-bond acceptors (Lipinski definition) is 3. The van der Waals surface area contributed by atoms with Crippen molar-refractivity contribution in [2.45, 2.75) is 64.8 Å². The summed E-state index contributed by atoms with van der Waals surface area (Å²) in [6.45, 7) is 7.84. The van der Waals surface area contributed by atoms with Crippen molar-refractivity contribution in [3.8, 4) is 0 Å². The first-order valence-electron chi connectivity index (χ1n) is 8.69. The fourth-order valence-electron chi connectivity index (χ4n) is 3.41. The first-order valence-corrected chi connectivity index (χ1v) is 8.69. The Morgan fingerprint density at radius 2 is 1.78 bits per heavy atom. The molecule has 0 radical (unpaired) electrons. The Morgan fingerprint density at radius 3 is 2.30 bits per heavy atom. The summed E-state index contributed by atoms with van der Waals surface area (Å²) in [5.41, 5.74) is 0.0372. The van der Waals surface area contributed by atoms with Gasteiger partial charge in [0.1, 0.15) is 5.82 Å². The minimum atomic E-state index is 0.00809. The van der Waals surface area contributed by atoms with Gasteiger partial charge in [0.2, 0.25) is 5.91 Å². The smallest absolute Gasteiger partial charge is 0.343 e. The zero-order valence-corrected chi connectivity index (χ0v) is 14.7. The predicted molar refractivity (Wildman–Crippen MR) is 88.4 cm³/mol. The maximum atomic E-state index is 12.4. The van der Waals surface area contributed by atoms with Crippen molar-refractivity contribution >= 4 is 5.91 Å². The molecule has 1 aromatic rings. The first kappa shape index (κ1) is 16.3. The van der Waals surface area contributed by atoms with E-state index in [0.717, 1.165) is 44.6 Å². The summed E-state index contributed by atoms with van der Waals surface area (Å²) >= 11 is 0. The molecule has 1 aliphatic carbocycles. The molecule has 128 valence electrons. The Labute approximate surface area is 137 Å². The average molecular weight is 320 g/mol. The molecular formula is C17H28N4O2. The molecule has 0 spiro atoms. The van der Waals surface area contributed by atoms with Crippen molar-refractivity contribution in [2.24, 2.45) is 12.5 Å². The summed E-state index contributed by atoms with van der Waals surface area (Å²) in [4.78, 5) is 26.6. The van der Waals surface area contributed by atoms with Gasteiger partial charge in [0.15, 0.2) is 0 Å². The molecule has 6 nitrogen and oxygen atoms in total. The second-order valence-electron chi connectivity index (χ2n) is 8.26. The van der Waals surface area contributed by atoms with Crippen LogP contribution < -0.4 is 5.69 Å². The maximum Gasteiger partial charge on any atom is 0.345 e. The summed E-state index contributed by atoms with van der Waals surface area (Å²) in [5, 5.41) is 4.49. The highest BCUT2D eigenvalue weighted by Crippen LogP contribution is 2.37. The molecule has 1 aliphatic heterocycles. The molecule has 23 heavy (non-hydrogen) atoms. The fraction of sp³-hybridized carbons (Fsp3) is 0.824. The Kier molecular flexibility index (Phi) is 4.10. The number of hydrogen-bond donors (Lipinski definition) is 0. The lowest BCUT2D eigenvalue weighted by molar-refractivity contribution is -0.134. The average Bonchev–Trinajstić information content (AvgIpc) is 3.25. The van der Waals surface area contributed by atoms with Gasteiger partial charge in [-0.2, -0.15) is 5.10 Å². The Balaban J connectivity index is 1.67. The molecule has 0 N–H and O–H groups in total. The molecule has 1 saturated carbocycles. The topological polar surface area (TPSA) is 60.1 Å². The SMILES string of the molecule is Cn1nc(C2CCN(C(=O)CC(C)(C)C)CC2)n(C2CC2)c1=O. The first-order chi connectivity index (χ1) is 10.8. The van der Waals surface area contributed by atoms with Crippen LogP contribution in [0.4, 0.5) is 0 Å². The molecule has 2 aliphatic rings. The van der Waals surface area contributed by atoms with Crippen molar-refractivity contribution < 1.29 is 4.79 Å². The van der Waals surface area contributed by atoms with E-state index < -0.39 is 0 Å². The number of likely N-dealkylation sites (tertiary alicyclic amines) is 1.